The van der Waals surface area contributed by atoms with Crippen LogP contribution in [0.2, 0.25) is 0 Å². The largest absolute Gasteiger partial charge is 0.310 e. The quantitative estimate of drug-likeness (QED) is 0.846. The summed E-state index contributed by atoms with van der Waals surface area (Å²) in [5, 5.41) is 4.20. The average molecular weight is 344 g/mol. The van der Waals surface area contributed by atoms with Gasteiger partial charge in [-0.25, -0.2) is 13.6 Å². The lowest BCUT2D eigenvalue weighted by molar-refractivity contribution is -0.117. The summed E-state index contributed by atoms with van der Waals surface area (Å²) < 4.78 is 23.1. The number of nitrogens with two attached hydrogens (primary N) is 1. The summed E-state index contributed by atoms with van der Waals surface area (Å²) in [7, 11) is -3.81. The molecule has 3 rings (SSSR count). The van der Waals surface area contributed by atoms with E-state index in [-0.39, 0.29) is 24.7 Å². The van der Waals surface area contributed by atoms with Crippen LogP contribution in [0.3, 0.4) is 0 Å². The zero-order valence-corrected chi connectivity index (χ0v) is 13.6. The molecule has 7 heteroatoms. The van der Waals surface area contributed by atoms with E-state index >= 15 is 0 Å². The van der Waals surface area contributed by atoms with Crippen molar-refractivity contribution in [2.24, 2.45) is 5.14 Å². The number of carbonyl (C=O) groups excluding carboxylic acids is 2. The fraction of sp³-hybridized carbons (Fsp3) is 0.176. The number of amides is 1. The van der Waals surface area contributed by atoms with Gasteiger partial charge in [-0.2, -0.15) is 0 Å². The molecule has 0 saturated carbocycles. The van der Waals surface area contributed by atoms with E-state index in [2.05, 4.69) is 0 Å². The van der Waals surface area contributed by atoms with E-state index in [4.69, 9.17) is 5.14 Å². The SMILES string of the molecule is NS(=O)(=O)C1CC(=O)N(c2ccccc2C(=O)c2ccccc2)C1. The first-order valence-corrected chi connectivity index (χ1v) is 8.99. The molecule has 0 radical (unpaired) electrons. The number of carbonyl (C=O) groups is 2. The smallest absolute Gasteiger partial charge is 0.228 e. The van der Waals surface area contributed by atoms with E-state index in [0.29, 0.717) is 16.8 Å². The van der Waals surface area contributed by atoms with Crippen LogP contribution >= 0.6 is 0 Å². The number of benzene rings is 2. The summed E-state index contributed by atoms with van der Waals surface area (Å²) in [4.78, 5) is 26.3. The Morgan fingerprint density at radius 3 is 2.29 bits per heavy atom. The second-order valence-electron chi connectivity index (χ2n) is 5.63. The minimum Gasteiger partial charge on any atom is -0.310 e. The highest BCUT2D eigenvalue weighted by Gasteiger charge is 2.38. The van der Waals surface area contributed by atoms with Crippen LogP contribution in [0.1, 0.15) is 22.3 Å². The molecule has 2 aromatic rings. The van der Waals surface area contributed by atoms with Crippen molar-refractivity contribution in [2.45, 2.75) is 11.7 Å². The van der Waals surface area contributed by atoms with E-state index in [1.807, 2.05) is 6.07 Å². The molecular formula is C17H16N2O4S. The molecule has 0 bridgehead atoms. The van der Waals surface area contributed by atoms with Gasteiger partial charge in [-0.1, -0.05) is 42.5 Å². The van der Waals surface area contributed by atoms with Crippen LogP contribution in [0.4, 0.5) is 5.69 Å². The summed E-state index contributed by atoms with van der Waals surface area (Å²) in [6.07, 6.45) is -0.174. The fourth-order valence-electron chi connectivity index (χ4n) is 2.77. The Kier molecular flexibility index (Phi) is 4.21. The van der Waals surface area contributed by atoms with Crippen molar-refractivity contribution < 1.29 is 18.0 Å². The van der Waals surface area contributed by atoms with Crippen molar-refractivity contribution in [1.29, 1.82) is 0 Å². The Morgan fingerprint density at radius 1 is 1.04 bits per heavy atom. The third-order valence-electron chi connectivity index (χ3n) is 4.03. The normalized spacial score (nSPS) is 18.0. The van der Waals surface area contributed by atoms with Gasteiger partial charge >= 0.3 is 0 Å². The molecule has 0 aliphatic carbocycles. The van der Waals surface area contributed by atoms with Gasteiger partial charge in [0.15, 0.2) is 5.78 Å². The molecule has 1 fully saturated rings. The minimum atomic E-state index is -3.81. The van der Waals surface area contributed by atoms with Crippen molar-refractivity contribution in [3.8, 4) is 0 Å². The Hall–Kier alpha value is -2.51. The monoisotopic (exact) mass is 344 g/mol. The van der Waals surface area contributed by atoms with E-state index in [9.17, 15) is 18.0 Å². The Bertz CT molecular complexity index is 894. The van der Waals surface area contributed by atoms with Gasteiger partial charge in [-0.3, -0.25) is 9.59 Å². The molecule has 1 heterocycles. The molecule has 124 valence electrons. The van der Waals surface area contributed by atoms with Gasteiger partial charge in [0, 0.05) is 24.1 Å². The lowest BCUT2D eigenvalue weighted by Crippen LogP contribution is -2.32. The van der Waals surface area contributed by atoms with E-state index in [0.717, 1.165) is 0 Å². The van der Waals surface area contributed by atoms with Gasteiger partial charge in [0.05, 0.1) is 5.69 Å². The van der Waals surface area contributed by atoms with Crippen LogP contribution in [0.25, 0.3) is 0 Å². The predicted octanol–water partition coefficient (Wildman–Crippen LogP) is 1.31. The molecule has 1 saturated heterocycles. The summed E-state index contributed by atoms with van der Waals surface area (Å²) in [6, 6.07) is 15.4. The highest BCUT2D eigenvalue weighted by atomic mass is 32.2. The number of para-hydroxylation sites is 1. The molecule has 1 aliphatic rings. The van der Waals surface area contributed by atoms with Crippen LogP contribution in [-0.2, 0) is 14.8 Å². The molecule has 6 nitrogen and oxygen atoms in total. The molecule has 1 atom stereocenters. The van der Waals surface area contributed by atoms with Crippen molar-refractivity contribution >= 4 is 27.4 Å². The van der Waals surface area contributed by atoms with E-state index < -0.39 is 15.3 Å². The van der Waals surface area contributed by atoms with Crippen molar-refractivity contribution in [3.05, 3.63) is 65.7 Å². The zero-order valence-electron chi connectivity index (χ0n) is 12.8. The maximum atomic E-state index is 12.7. The Morgan fingerprint density at radius 2 is 1.67 bits per heavy atom. The molecular weight excluding hydrogens is 328 g/mol. The minimum absolute atomic E-state index is 0.0449. The molecule has 0 aromatic heterocycles. The van der Waals surface area contributed by atoms with Gasteiger partial charge in [0.1, 0.15) is 5.25 Å². The van der Waals surface area contributed by atoms with Crippen LogP contribution in [-0.4, -0.2) is 31.9 Å². The van der Waals surface area contributed by atoms with Gasteiger partial charge in [0.2, 0.25) is 15.9 Å². The zero-order chi connectivity index (χ0) is 17.3. The average Bonchev–Trinajstić information content (AvgIpc) is 2.97. The highest BCUT2D eigenvalue weighted by molar-refractivity contribution is 7.89. The Labute approximate surface area is 139 Å². The van der Waals surface area contributed by atoms with Gasteiger partial charge in [0.25, 0.3) is 0 Å². The maximum Gasteiger partial charge on any atom is 0.228 e. The molecule has 0 spiro atoms. The van der Waals surface area contributed by atoms with Gasteiger partial charge in [-0.15, -0.1) is 0 Å². The van der Waals surface area contributed by atoms with Crippen LogP contribution in [0.15, 0.2) is 54.6 Å². The standard InChI is InChI=1S/C17H16N2O4S/c18-24(22,23)13-10-16(20)19(11-13)15-9-5-4-8-14(15)17(21)12-6-2-1-3-7-12/h1-9,13H,10-11H2,(H2,18,22,23). The van der Waals surface area contributed by atoms with Crippen molar-refractivity contribution in [2.75, 3.05) is 11.4 Å². The van der Waals surface area contributed by atoms with E-state index in [1.54, 1.807) is 48.5 Å². The third kappa shape index (κ3) is 3.08. The first-order chi connectivity index (χ1) is 11.4. The van der Waals surface area contributed by atoms with Gasteiger partial charge < -0.3 is 4.90 Å². The van der Waals surface area contributed by atoms with Crippen molar-refractivity contribution in [3.63, 3.8) is 0 Å². The van der Waals surface area contributed by atoms with Crippen LogP contribution in [0, 0.1) is 0 Å². The first kappa shape index (κ1) is 16.4. The third-order valence-corrected chi connectivity index (χ3v) is 5.27. The fourth-order valence-corrected chi connectivity index (χ4v) is 3.51. The predicted molar refractivity (Wildman–Crippen MR) is 90.2 cm³/mol. The summed E-state index contributed by atoms with van der Waals surface area (Å²) in [5.41, 5.74) is 1.26. The first-order valence-electron chi connectivity index (χ1n) is 7.38. The summed E-state index contributed by atoms with van der Waals surface area (Å²) in [5.74, 6) is -0.583. The maximum absolute atomic E-state index is 12.7. The van der Waals surface area contributed by atoms with E-state index in [1.165, 1.54) is 4.90 Å². The molecule has 2 aromatic carbocycles. The van der Waals surface area contributed by atoms with Crippen LogP contribution < -0.4 is 10.0 Å². The number of nitrogens with zero attached hydrogens (tertiary/aromatic N) is 1. The highest BCUT2D eigenvalue weighted by Crippen LogP contribution is 2.29. The lowest BCUT2D eigenvalue weighted by atomic mass is 10.0. The summed E-state index contributed by atoms with van der Waals surface area (Å²) in [6.45, 7) is -0.0449. The second kappa shape index (κ2) is 6.18. The number of hydrogen-bond acceptors (Lipinski definition) is 4. The summed E-state index contributed by atoms with van der Waals surface area (Å²) >= 11 is 0. The number of anilines is 1. The van der Waals surface area contributed by atoms with Crippen molar-refractivity contribution in [1.82, 2.24) is 0 Å². The number of hydrogen-bond donors (Lipinski definition) is 1. The molecule has 24 heavy (non-hydrogen) atoms. The second-order valence-corrected chi connectivity index (χ2v) is 7.48. The number of primary sulfonamides is 1. The molecule has 1 aliphatic heterocycles. The van der Waals surface area contributed by atoms with Gasteiger partial charge in [-0.05, 0) is 12.1 Å². The Balaban J connectivity index is 1.99. The van der Waals surface area contributed by atoms with Crippen LogP contribution in [0.5, 0.6) is 0 Å². The molecule has 2 N–H and O–H groups in total. The number of ketones is 1. The number of sulfonamides is 1. The number of rotatable bonds is 4. The molecule has 1 unspecified atom stereocenters. The topological polar surface area (TPSA) is 97.5 Å². The lowest BCUT2D eigenvalue weighted by Gasteiger charge is -2.19. The molecule has 1 amide bonds.